The molecular formula is C16H24N4O. The standard InChI is InChI=1S/C16H24N4O/c1-4-14(17)9-15-16(6-5-12(2)19-15)21-8-7-13-10-18-20(3)11-13/h5-6,10-11,14H,4,7-9,17H2,1-3H3. The van der Waals surface area contributed by atoms with Crippen molar-refractivity contribution in [2.24, 2.45) is 12.8 Å². The number of nitrogens with zero attached hydrogens (tertiary/aromatic N) is 3. The van der Waals surface area contributed by atoms with E-state index in [0.29, 0.717) is 6.61 Å². The van der Waals surface area contributed by atoms with E-state index in [1.807, 2.05) is 38.5 Å². The van der Waals surface area contributed by atoms with E-state index in [-0.39, 0.29) is 6.04 Å². The molecule has 0 radical (unpaired) electrons. The molecule has 0 saturated heterocycles. The van der Waals surface area contributed by atoms with Gasteiger partial charge in [0, 0.05) is 37.8 Å². The fraction of sp³-hybridized carbons (Fsp3) is 0.500. The van der Waals surface area contributed by atoms with E-state index in [0.717, 1.165) is 36.4 Å². The highest BCUT2D eigenvalue weighted by Crippen LogP contribution is 2.19. The zero-order valence-electron chi connectivity index (χ0n) is 13.0. The summed E-state index contributed by atoms with van der Waals surface area (Å²) in [6, 6.07) is 4.09. The summed E-state index contributed by atoms with van der Waals surface area (Å²) in [5.41, 5.74) is 9.16. The predicted molar refractivity (Wildman–Crippen MR) is 83.4 cm³/mol. The first-order valence-corrected chi connectivity index (χ1v) is 7.41. The van der Waals surface area contributed by atoms with E-state index in [4.69, 9.17) is 10.5 Å². The average molecular weight is 288 g/mol. The Kier molecular flexibility index (Phi) is 5.33. The van der Waals surface area contributed by atoms with Crippen molar-refractivity contribution in [1.29, 1.82) is 0 Å². The molecule has 2 aromatic rings. The minimum absolute atomic E-state index is 0.125. The Labute approximate surface area is 126 Å². The third-order valence-electron chi connectivity index (χ3n) is 3.46. The van der Waals surface area contributed by atoms with Gasteiger partial charge in [0.15, 0.2) is 0 Å². The predicted octanol–water partition coefficient (Wildman–Crippen LogP) is 2.02. The minimum atomic E-state index is 0.125. The Morgan fingerprint density at radius 3 is 2.86 bits per heavy atom. The molecule has 2 aromatic heterocycles. The van der Waals surface area contributed by atoms with Gasteiger partial charge in [-0.25, -0.2) is 0 Å². The molecule has 5 nitrogen and oxygen atoms in total. The van der Waals surface area contributed by atoms with Crippen LogP contribution in [-0.4, -0.2) is 27.4 Å². The van der Waals surface area contributed by atoms with E-state index in [9.17, 15) is 0 Å². The van der Waals surface area contributed by atoms with Gasteiger partial charge in [0.1, 0.15) is 5.75 Å². The minimum Gasteiger partial charge on any atom is -0.491 e. The van der Waals surface area contributed by atoms with Crippen molar-refractivity contribution >= 4 is 0 Å². The molecule has 5 heteroatoms. The first-order chi connectivity index (χ1) is 10.1. The Hall–Kier alpha value is -1.88. The third-order valence-corrected chi connectivity index (χ3v) is 3.46. The topological polar surface area (TPSA) is 66.0 Å². The molecule has 21 heavy (non-hydrogen) atoms. The first-order valence-electron chi connectivity index (χ1n) is 7.41. The molecule has 0 bridgehead atoms. The van der Waals surface area contributed by atoms with Gasteiger partial charge in [0.05, 0.1) is 18.5 Å². The molecule has 2 N–H and O–H groups in total. The van der Waals surface area contributed by atoms with Gasteiger partial charge >= 0.3 is 0 Å². The molecule has 0 spiro atoms. The van der Waals surface area contributed by atoms with Crippen LogP contribution in [0.5, 0.6) is 5.75 Å². The number of nitrogens with two attached hydrogens (primary N) is 1. The average Bonchev–Trinajstić information content (AvgIpc) is 2.86. The molecule has 0 saturated carbocycles. The Morgan fingerprint density at radius 1 is 1.38 bits per heavy atom. The lowest BCUT2D eigenvalue weighted by Crippen LogP contribution is -2.22. The quantitative estimate of drug-likeness (QED) is 0.846. The molecule has 114 valence electrons. The number of aryl methyl sites for hydroxylation is 2. The number of hydrogen-bond acceptors (Lipinski definition) is 4. The molecule has 0 aromatic carbocycles. The molecule has 1 atom stereocenters. The van der Waals surface area contributed by atoms with Crippen molar-refractivity contribution in [2.45, 2.75) is 39.2 Å². The largest absolute Gasteiger partial charge is 0.491 e. The van der Waals surface area contributed by atoms with Gasteiger partial charge in [-0.3, -0.25) is 9.67 Å². The first kappa shape index (κ1) is 15.5. The number of pyridine rings is 1. The van der Waals surface area contributed by atoms with Crippen molar-refractivity contribution in [1.82, 2.24) is 14.8 Å². The number of rotatable bonds is 7. The summed E-state index contributed by atoms with van der Waals surface area (Å²) in [4.78, 5) is 4.57. The van der Waals surface area contributed by atoms with Crippen LogP contribution in [-0.2, 0) is 19.9 Å². The Balaban J connectivity index is 1.98. The van der Waals surface area contributed by atoms with Crippen LogP contribution < -0.4 is 10.5 Å². The normalized spacial score (nSPS) is 12.4. The monoisotopic (exact) mass is 288 g/mol. The van der Waals surface area contributed by atoms with Crippen molar-refractivity contribution in [3.05, 3.63) is 41.5 Å². The van der Waals surface area contributed by atoms with Crippen LogP contribution in [0.2, 0.25) is 0 Å². The molecule has 1 unspecified atom stereocenters. The van der Waals surface area contributed by atoms with E-state index >= 15 is 0 Å². The molecule has 0 aliphatic rings. The maximum absolute atomic E-state index is 6.04. The van der Waals surface area contributed by atoms with Crippen LogP contribution >= 0.6 is 0 Å². The number of hydrogen-bond donors (Lipinski definition) is 1. The van der Waals surface area contributed by atoms with Crippen molar-refractivity contribution in [2.75, 3.05) is 6.61 Å². The lowest BCUT2D eigenvalue weighted by molar-refractivity contribution is 0.315. The van der Waals surface area contributed by atoms with E-state index < -0.39 is 0 Å². The molecule has 0 fully saturated rings. The van der Waals surface area contributed by atoms with Gasteiger partial charge in [-0.1, -0.05) is 6.92 Å². The van der Waals surface area contributed by atoms with Gasteiger partial charge < -0.3 is 10.5 Å². The van der Waals surface area contributed by atoms with Crippen LogP contribution in [0.15, 0.2) is 24.5 Å². The lowest BCUT2D eigenvalue weighted by atomic mass is 10.1. The smallest absolute Gasteiger partial charge is 0.140 e. The van der Waals surface area contributed by atoms with Crippen molar-refractivity contribution < 1.29 is 4.74 Å². The molecule has 0 aliphatic carbocycles. The zero-order valence-corrected chi connectivity index (χ0v) is 13.0. The number of aromatic nitrogens is 3. The molecular weight excluding hydrogens is 264 g/mol. The van der Waals surface area contributed by atoms with Crippen LogP contribution in [0.3, 0.4) is 0 Å². The maximum atomic E-state index is 6.04. The van der Waals surface area contributed by atoms with Crippen molar-refractivity contribution in [3.63, 3.8) is 0 Å². The lowest BCUT2D eigenvalue weighted by Gasteiger charge is -2.14. The second-order valence-corrected chi connectivity index (χ2v) is 5.39. The summed E-state index contributed by atoms with van der Waals surface area (Å²) in [5.74, 6) is 0.841. The molecule has 2 heterocycles. The molecule has 2 rings (SSSR count). The maximum Gasteiger partial charge on any atom is 0.140 e. The highest BCUT2D eigenvalue weighted by Gasteiger charge is 2.10. The van der Waals surface area contributed by atoms with Gasteiger partial charge in [-0.05, 0) is 31.0 Å². The van der Waals surface area contributed by atoms with E-state index in [1.54, 1.807) is 4.68 Å². The number of ether oxygens (including phenoxy) is 1. The molecule has 0 aliphatic heterocycles. The fourth-order valence-electron chi connectivity index (χ4n) is 2.15. The SMILES string of the molecule is CCC(N)Cc1nc(C)ccc1OCCc1cnn(C)c1. The van der Waals surface area contributed by atoms with Crippen LogP contribution in [0, 0.1) is 6.92 Å². The second-order valence-electron chi connectivity index (χ2n) is 5.39. The van der Waals surface area contributed by atoms with Crippen LogP contribution in [0.4, 0.5) is 0 Å². The fourth-order valence-corrected chi connectivity index (χ4v) is 2.15. The third kappa shape index (κ3) is 4.56. The summed E-state index contributed by atoms with van der Waals surface area (Å²) in [7, 11) is 1.92. The van der Waals surface area contributed by atoms with Gasteiger partial charge in [-0.15, -0.1) is 0 Å². The van der Waals surface area contributed by atoms with Gasteiger partial charge in [-0.2, -0.15) is 5.10 Å². The highest BCUT2D eigenvalue weighted by molar-refractivity contribution is 5.30. The van der Waals surface area contributed by atoms with E-state index in [1.165, 1.54) is 5.56 Å². The van der Waals surface area contributed by atoms with Crippen LogP contribution in [0.1, 0.15) is 30.3 Å². The van der Waals surface area contributed by atoms with Gasteiger partial charge in [0.2, 0.25) is 0 Å². The van der Waals surface area contributed by atoms with Crippen molar-refractivity contribution in [3.8, 4) is 5.75 Å². The summed E-state index contributed by atoms with van der Waals surface area (Å²) in [5, 5.41) is 4.15. The Morgan fingerprint density at radius 2 is 2.19 bits per heavy atom. The summed E-state index contributed by atoms with van der Waals surface area (Å²) in [6.07, 6.45) is 6.39. The summed E-state index contributed by atoms with van der Waals surface area (Å²) < 4.78 is 7.70. The van der Waals surface area contributed by atoms with Gasteiger partial charge in [0.25, 0.3) is 0 Å². The Bertz CT molecular complexity index is 579. The second kappa shape index (κ2) is 7.22. The molecule has 0 amide bonds. The van der Waals surface area contributed by atoms with Crippen LogP contribution in [0.25, 0.3) is 0 Å². The van der Waals surface area contributed by atoms with E-state index in [2.05, 4.69) is 17.0 Å². The summed E-state index contributed by atoms with van der Waals surface area (Å²) >= 11 is 0. The summed E-state index contributed by atoms with van der Waals surface area (Å²) in [6.45, 7) is 4.69. The zero-order chi connectivity index (χ0) is 15.2. The highest BCUT2D eigenvalue weighted by atomic mass is 16.5.